The number of aliphatic carboxylic acids is 1. The van der Waals surface area contributed by atoms with Gasteiger partial charge in [-0.2, -0.15) is 0 Å². The largest absolute Gasteiger partial charge is 0.480 e. The number of rotatable bonds is 12. The predicted molar refractivity (Wildman–Crippen MR) is 108 cm³/mol. The molecule has 0 aliphatic carbocycles. The molecule has 170 valence electrons. The van der Waals surface area contributed by atoms with Crippen LogP contribution in [-0.2, 0) is 30.4 Å². The number of carboxylic acids is 1. The van der Waals surface area contributed by atoms with Gasteiger partial charge in [-0.25, -0.2) is 4.79 Å². The summed E-state index contributed by atoms with van der Waals surface area (Å²) in [5, 5.41) is 25.5. The minimum Gasteiger partial charge on any atom is -0.480 e. The summed E-state index contributed by atoms with van der Waals surface area (Å²) in [7, 11) is 0. The molecular weight excluding hydrogens is 410 g/mol. The minimum atomic E-state index is -1.57. The molecule has 0 fully saturated rings. The number of aliphatic hydroxyl groups is 1. The van der Waals surface area contributed by atoms with Crippen molar-refractivity contribution in [2.24, 2.45) is 11.5 Å². The second-order valence-corrected chi connectivity index (χ2v) is 6.87. The van der Waals surface area contributed by atoms with E-state index in [9.17, 15) is 29.1 Å². The second-order valence-electron chi connectivity index (χ2n) is 6.87. The average molecular weight is 437 g/mol. The molecule has 0 heterocycles. The fourth-order valence-corrected chi connectivity index (χ4v) is 2.55. The number of carbonyl (C=O) groups is 5. The zero-order valence-corrected chi connectivity index (χ0v) is 16.9. The molecule has 4 atom stereocenters. The molecular formula is C19H27N5O7. The molecule has 0 aliphatic heterocycles. The maximum Gasteiger partial charge on any atom is 0.328 e. The number of nitrogens with one attached hydrogen (secondary N) is 3. The van der Waals surface area contributed by atoms with Crippen molar-refractivity contribution >= 4 is 29.6 Å². The number of primary amides is 1. The van der Waals surface area contributed by atoms with Gasteiger partial charge in [-0.15, -0.1) is 0 Å². The van der Waals surface area contributed by atoms with E-state index >= 15 is 0 Å². The van der Waals surface area contributed by atoms with Crippen molar-refractivity contribution in [2.75, 3.05) is 6.54 Å². The van der Waals surface area contributed by atoms with Crippen LogP contribution in [0.3, 0.4) is 0 Å². The first-order chi connectivity index (χ1) is 14.5. The number of benzene rings is 1. The summed E-state index contributed by atoms with van der Waals surface area (Å²) < 4.78 is 0. The van der Waals surface area contributed by atoms with Crippen molar-refractivity contribution in [3.63, 3.8) is 0 Å². The lowest BCUT2D eigenvalue weighted by Crippen LogP contribution is -2.56. The summed E-state index contributed by atoms with van der Waals surface area (Å²) in [5.74, 6) is -4.58. The predicted octanol–water partition coefficient (Wildman–Crippen LogP) is -3.02. The van der Waals surface area contributed by atoms with E-state index in [1.54, 1.807) is 30.3 Å². The molecule has 0 saturated heterocycles. The van der Waals surface area contributed by atoms with Gasteiger partial charge >= 0.3 is 5.97 Å². The molecule has 31 heavy (non-hydrogen) atoms. The number of nitrogens with two attached hydrogens (primary N) is 2. The molecule has 12 nitrogen and oxygen atoms in total. The van der Waals surface area contributed by atoms with Crippen molar-refractivity contribution in [1.82, 2.24) is 16.0 Å². The molecule has 1 rings (SSSR count). The van der Waals surface area contributed by atoms with Gasteiger partial charge in [0.2, 0.25) is 23.6 Å². The van der Waals surface area contributed by atoms with E-state index in [4.69, 9.17) is 16.6 Å². The fourth-order valence-electron chi connectivity index (χ4n) is 2.55. The van der Waals surface area contributed by atoms with Crippen LogP contribution in [0.15, 0.2) is 30.3 Å². The standard InChI is InChI=1S/C19H27N5O7/c1-10(25)16(19(30)31)24-18(29)13(7-11-5-3-2-4-6-11)23-15(27)9-22-17(28)12(20)8-14(21)26/h2-6,10,12-13,16,25H,7-9,20H2,1H3,(H2,21,26)(H,22,28)(H,23,27)(H,24,29)(H,30,31). The quantitative estimate of drug-likeness (QED) is 0.178. The van der Waals surface area contributed by atoms with Gasteiger partial charge in [0.15, 0.2) is 6.04 Å². The molecule has 12 heteroatoms. The maximum absolute atomic E-state index is 12.6. The van der Waals surface area contributed by atoms with Crippen molar-refractivity contribution in [3.05, 3.63) is 35.9 Å². The van der Waals surface area contributed by atoms with Crippen LogP contribution in [0.2, 0.25) is 0 Å². The summed E-state index contributed by atoms with van der Waals surface area (Å²) in [5.41, 5.74) is 11.1. The summed E-state index contributed by atoms with van der Waals surface area (Å²) in [6, 6.07) is 4.64. The number of carboxylic acid groups (broad SMARTS) is 1. The topological polar surface area (TPSA) is 214 Å². The van der Waals surface area contributed by atoms with Gasteiger partial charge < -0.3 is 37.6 Å². The molecule has 0 bridgehead atoms. The highest BCUT2D eigenvalue weighted by molar-refractivity contribution is 5.93. The molecule has 4 amide bonds. The smallest absolute Gasteiger partial charge is 0.328 e. The molecule has 0 spiro atoms. The highest BCUT2D eigenvalue weighted by Crippen LogP contribution is 2.05. The van der Waals surface area contributed by atoms with Crippen LogP contribution >= 0.6 is 0 Å². The first kappa shape index (κ1) is 25.5. The number of amides is 4. The van der Waals surface area contributed by atoms with Gasteiger partial charge in [0, 0.05) is 6.42 Å². The Morgan fingerprint density at radius 1 is 1.03 bits per heavy atom. The molecule has 9 N–H and O–H groups in total. The van der Waals surface area contributed by atoms with E-state index in [0.29, 0.717) is 5.56 Å². The lowest BCUT2D eigenvalue weighted by molar-refractivity contribution is -0.145. The molecule has 1 aromatic carbocycles. The van der Waals surface area contributed by atoms with Gasteiger partial charge in [0.1, 0.15) is 6.04 Å². The van der Waals surface area contributed by atoms with E-state index in [-0.39, 0.29) is 6.42 Å². The van der Waals surface area contributed by atoms with Crippen molar-refractivity contribution in [1.29, 1.82) is 0 Å². The SMILES string of the molecule is CC(O)C(NC(=O)C(Cc1ccccc1)NC(=O)CNC(=O)C(N)CC(N)=O)C(=O)O. The number of carbonyl (C=O) groups excluding carboxylic acids is 4. The second kappa shape index (κ2) is 12.2. The van der Waals surface area contributed by atoms with Crippen molar-refractivity contribution in [2.45, 2.75) is 44.0 Å². The van der Waals surface area contributed by atoms with Crippen LogP contribution in [0.5, 0.6) is 0 Å². The maximum atomic E-state index is 12.6. The molecule has 4 unspecified atom stereocenters. The third kappa shape index (κ3) is 9.23. The third-order valence-electron chi connectivity index (χ3n) is 4.16. The van der Waals surface area contributed by atoms with Crippen LogP contribution in [0, 0.1) is 0 Å². The van der Waals surface area contributed by atoms with Gasteiger partial charge in [-0.1, -0.05) is 30.3 Å². The van der Waals surface area contributed by atoms with Gasteiger partial charge in [0.25, 0.3) is 0 Å². The van der Waals surface area contributed by atoms with Crippen molar-refractivity contribution in [3.8, 4) is 0 Å². The Morgan fingerprint density at radius 3 is 2.16 bits per heavy atom. The van der Waals surface area contributed by atoms with Crippen LogP contribution < -0.4 is 27.4 Å². The molecule has 1 aromatic rings. The van der Waals surface area contributed by atoms with E-state index in [1.807, 2.05) is 0 Å². The third-order valence-corrected chi connectivity index (χ3v) is 4.16. The van der Waals surface area contributed by atoms with Crippen LogP contribution in [-0.4, -0.2) is 70.6 Å². The molecule has 0 radical (unpaired) electrons. The number of hydrogen-bond donors (Lipinski definition) is 7. The summed E-state index contributed by atoms with van der Waals surface area (Å²) in [6.45, 7) is 0.664. The summed E-state index contributed by atoms with van der Waals surface area (Å²) in [4.78, 5) is 58.7. The highest BCUT2D eigenvalue weighted by atomic mass is 16.4. The molecule has 0 aliphatic rings. The Kier molecular flexibility index (Phi) is 10.1. The van der Waals surface area contributed by atoms with Crippen LogP contribution in [0.1, 0.15) is 18.9 Å². The number of hydrogen-bond acceptors (Lipinski definition) is 7. The normalized spacial score (nSPS) is 14.4. The van der Waals surface area contributed by atoms with Crippen LogP contribution in [0.4, 0.5) is 0 Å². The molecule has 0 aromatic heterocycles. The fraction of sp³-hybridized carbons (Fsp3) is 0.421. The van der Waals surface area contributed by atoms with Gasteiger partial charge in [-0.3, -0.25) is 19.2 Å². The Morgan fingerprint density at radius 2 is 1.65 bits per heavy atom. The van der Waals surface area contributed by atoms with E-state index in [2.05, 4.69) is 16.0 Å². The first-order valence-corrected chi connectivity index (χ1v) is 9.37. The van der Waals surface area contributed by atoms with Crippen molar-refractivity contribution < 1.29 is 34.2 Å². The minimum absolute atomic E-state index is 0.0275. The van der Waals surface area contributed by atoms with E-state index in [1.165, 1.54) is 6.92 Å². The first-order valence-electron chi connectivity index (χ1n) is 9.37. The zero-order valence-electron chi connectivity index (χ0n) is 16.9. The lowest BCUT2D eigenvalue weighted by Gasteiger charge is -2.23. The lowest BCUT2D eigenvalue weighted by atomic mass is 10.0. The Balaban J connectivity index is 2.83. The van der Waals surface area contributed by atoms with Gasteiger partial charge in [-0.05, 0) is 12.5 Å². The highest BCUT2D eigenvalue weighted by Gasteiger charge is 2.29. The molecule has 0 saturated carbocycles. The zero-order chi connectivity index (χ0) is 23.6. The summed E-state index contributed by atoms with van der Waals surface area (Å²) >= 11 is 0. The summed E-state index contributed by atoms with van der Waals surface area (Å²) in [6.07, 6.45) is -1.75. The number of aliphatic hydroxyl groups excluding tert-OH is 1. The Labute approximate surface area is 178 Å². The van der Waals surface area contributed by atoms with E-state index < -0.39 is 66.8 Å². The van der Waals surface area contributed by atoms with Gasteiger partial charge in [0.05, 0.1) is 25.1 Å². The van der Waals surface area contributed by atoms with Crippen LogP contribution in [0.25, 0.3) is 0 Å². The Hall–Kier alpha value is -3.51. The average Bonchev–Trinajstić information content (AvgIpc) is 2.69. The Bertz CT molecular complexity index is 800. The van der Waals surface area contributed by atoms with E-state index in [0.717, 1.165) is 0 Å². The monoisotopic (exact) mass is 437 g/mol.